The maximum absolute atomic E-state index is 14.0. The summed E-state index contributed by atoms with van der Waals surface area (Å²) >= 11 is 12.9. The van der Waals surface area contributed by atoms with Crippen molar-refractivity contribution in [2.24, 2.45) is 0 Å². The normalized spacial score (nSPS) is 11.0. The van der Waals surface area contributed by atoms with Crippen LogP contribution in [0, 0.1) is 38.2 Å². The van der Waals surface area contributed by atoms with Crippen LogP contribution in [0.15, 0.2) is 110 Å². The lowest BCUT2D eigenvalue weighted by molar-refractivity contribution is -0.137. The molecule has 0 fully saturated rings. The number of hydrogen-bond acceptors (Lipinski definition) is 12. The van der Waals surface area contributed by atoms with E-state index in [2.05, 4.69) is 19.9 Å². The Balaban J connectivity index is 0.000000221. The number of carbonyl (C=O) groups excluding carboxylic acids is 3. The fourth-order valence-corrected chi connectivity index (χ4v) is 8.38. The van der Waals surface area contributed by atoms with Crippen LogP contribution in [0.3, 0.4) is 0 Å². The van der Waals surface area contributed by atoms with Gasteiger partial charge in [-0.05, 0) is 135 Å². The van der Waals surface area contributed by atoms with Crippen LogP contribution in [0.4, 0.5) is 13.2 Å². The van der Waals surface area contributed by atoms with Crippen molar-refractivity contribution in [3.8, 4) is 34.8 Å². The second kappa shape index (κ2) is 26.0. The van der Waals surface area contributed by atoms with E-state index in [1.807, 2.05) is 32.9 Å². The highest BCUT2D eigenvalue weighted by molar-refractivity contribution is 6.32. The fourth-order valence-electron chi connectivity index (χ4n) is 7.90. The quantitative estimate of drug-likeness (QED) is 0.0635. The maximum Gasteiger partial charge on any atom is 0.303 e. The Labute approximate surface area is 446 Å². The molecule has 0 amide bonds. The van der Waals surface area contributed by atoms with Crippen molar-refractivity contribution in [1.29, 1.82) is 0 Å². The maximum atomic E-state index is 14.0. The number of ether oxygens (including phenoxy) is 4. The van der Waals surface area contributed by atoms with Crippen LogP contribution in [-0.2, 0) is 44.9 Å². The lowest BCUT2D eigenvalue weighted by atomic mass is 10.0. The topological polar surface area (TPSA) is 177 Å². The molecule has 0 saturated heterocycles. The Morgan fingerprint density at radius 1 is 0.539 bits per heavy atom. The third kappa shape index (κ3) is 15.6. The number of nitrogens with zero attached hydrogens (tertiary/aromatic N) is 4. The number of halogens is 5. The van der Waals surface area contributed by atoms with Gasteiger partial charge in [0.25, 0.3) is 0 Å². The number of rotatable bonds is 22. The summed E-state index contributed by atoms with van der Waals surface area (Å²) in [6.45, 7) is 7.87. The SMILES string of the molecule is CC(=O)CCCOc1cc2ncnc(Oc3ccc(CC(=O)Cc4cc(F)ccc4F)c(Cl)c3)c2cc1C.Cc1ccc(F)c(CC(=O)Cc2ccc(Oc3ncnc4cc(OCCCC(=O)O)c(C)cc34)cc2Cl)c1. The predicted molar refractivity (Wildman–Crippen MR) is 282 cm³/mol. The van der Waals surface area contributed by atoms with Gasteiger partial charge in [0.05, 0.1) is 35.0 Å². The zero-order valence-electron chi connectivity index (χ0n) is 41.9. The minimum absolute atomic E-state index is 0.00151. The largest absolute Gasteiger partial charge is 0.493 e. The first-order chi connectivity index (χ1) is 36.4. The van der Waals surface area contributed by atoms with Gasteiger partial charge in [0.2, 0.25) is 11.8 Å². The van der Waals surface area contributed by atoms with E-state index in [0.717, 1.165) is 34.9 Å². The van der Waals surface area contributed by atoms with Crippen molar-refractivity contribution in [3.63, 3.8) is 0 Å². The molecule has 8 rings (SSSR count). The van der Waals surface area contributed by atoms with Gasteiger partial charge in [0, 0.05) is 60.7 Å². The number of hydrogen-bond donors (Lipinski definition) is 1. The molecule has 6 aromatic carbocycles. The van der Waals surface area contributed by atoms with E-state index in [0.29, 0.717) is 109 Å². The van der Waals surface area contributed by atoms with E-state index < -0.39 is 23.4 Å². The van der Waals surface area contributed by atoms with Crippen molar-refractivity contribution in [2.75, 3.05) is 13.2 Å². The monoisotopic (exact) mass is 1070 g/mol. The molecule has 2 aromatic heterocycles. The Kier molecular flexibility index (Phi) is 19.1. The molecule has 0 aliphatic carbocycles. The standard InChI is InChI=1S/C29H25ClF2N2O4.C29H26ClFN2O5/c1-17-10-24-27(15-28(17)37-9-3-4-18(2)35)33-16-34-29(24)38-23-7-5-19(25(30)14-23)12-22(36)13-20-11-21(31)6-8-26(20)32;1-17-5-8-25(31)20(10-17)13-21(34)12-19-6-7-22(14-24(19)30)38-29-23-11-18(2)27(15-26(23)32-16-33-29)37-9-3-4-28(35)36/h5-8,10-11,14-16H,3-4,9,12-13H2,1-2H3;5-8,10-11,14-16H,3-4,9,12-13H2,1-2H3,(H,35,36). The number of aryl methyl sites for hydroxylation is 3. The van der Waals surface area contributed by atoms with E-state index in [4.69, 9.17) is 47.3 Å². The number of ketones is 3. The molecule has 0 radical (unpaired) electrons. The van der Waals surface area contributed by atoms with Gasteiger partial charge in [0.1, 0.15) is 70.5 Å². The van der Waals surface area contributed by atoms with E-state index >= 15 is 0 Å². The van der Waals surface area contributed by atoms with Gasteiger partial charge >= 0.3 is 5.97 Å². The van der Waals surface area contributed by atoms with E-state index in [-0.39, 0.29) is 61.6 Å². The van der Waals surface area contributed by atoms with Crippen LogP contribution in [0.25, 0.3) is 21.8 Å². The summed E-state index contributed by atoms with van der Waals surface area (Å²) in [4.78, 5) is 64.0. The lowest BCUT2D eigenvalue weighted by Gasteiger charge is -2.13. The molecule has 13 nitrogen and oxygen atoms in total. The van der Waals surface area contributed by atoms with Crippen LogP contribution >= 0.6 is 23.2 Å². The van der Waals surface area contributed by atoms with Crippen molar-refractivity contribution in [1.82, 2.24) is 19.9 Å². The van der Waals surface area contributed by atoms with Gasteiger partial charge in [0.15, 0.2) is 0 Å². The highest BCUT2D eigenvalue weighted by atomic mass is 35.5. The first kappa shape index (κ1) is 55.8. The zero-order chi connectivity index (χ0) is 54.5. The van der Waals surface area contributed by atoms with Gasteiger partial charge < -0.3 is 28.8 Å². The molecule has 76 heavy (non-hydrogen) atoms. The minimum Gasteiger partial charge on any atom is -0.493 e. The highest BCUT2D eigenvalue weighted by Gasteiger charge is 2.18. The number of aromatic nitrogens is 4. The van der Waals surface area contributed by atoms with Crippen LogP contribution in [0.5, 0.6) is 34.8 Å². The van der Waals surface area contributed by atoms with Gasteiger partial charge in [-0.15, -0.1) is 0 Å². The molecule has 392 valence electrons. The smallest absolute Gasteiger partial charge is 0.303 e. The number of benzene rings is 6. The average Bonchev–Trinajstić information content (AvgIpc) is 3.37. The fraction of sp³-hybridized carbons (Fsp3) is 0.241. The molecule has 0 aliphatic rings. The summed E-state index contributed by atoms with van der Waals surface area (Å²) in [7, 11) is 0. The molecule has 0 spiro atoms. The summed E-state index contributed by atoms with van der Waals surface area (Å²) in [5.74, 6) is -0.0690. The average molecular weight is 1080 g/mol. The van der Waals surface area contributed by atoms with Crippen LogP contribution in [-0.4, -0.2) is 61.6 Å². The number of Topliss-reactive ketones (excluding diaryl/α,β-unsaturated/α-hetero) is 3. The summed E-state index contributed by atoms with van der Waals surface area (Å²) in [6.07, 6.45) is 4.06. The number of carbonyl (C=O) groups is 4. The molecule has 2 heterocycles. The first-order valence-electron chi connectivity index (χ1n) is 24.0. The molecule has 0 saturated carbocycles. The molecular weight excluding hydrogens is 1020 g/mol. The molecular formula is C58H51Cl2F3N4O9. The number of carboxylic acids is 1. The summed E-state index contributed by atoms with van der Waals surface area (Å²) in [5.41, 5.74) is 5.32. The van der Waals surface area contributed by atoms with Crippen molar-refractivity contribution < 1.29 is 56.4 Å². The van der Waals surface area contributed by atoms with Crippen molar-refractivity contribution >= 4 is 68.3 Å². The first-order valence-corrected chi connectivity index (χ1v) is 24.8. The lowest BCUT2D eigenvalue weighted by Crippen LogP contribution is -2.08. The molecule has 0 atom stereocenters. The highest BCUT2D eigenvalue weighted by Crippen LogP contribution is 2.35. The third-order valence-electron chi connectivity index (χ3n) is 11.8. The van der Waals surface area contributed by atoms with E-state index in [1.54, 1.807) is 67.6 Å². The number of aliphatic carboxylic acids is 1. The van der Waals surface area contributed by atoms with Gasteiger partial charge in [-0.2, -0.15) is 0 Å². The van der Waals surface area contributed by atoms with Crippen molar-refractivity contribution in [3.05, 3.63) is 176 Å². The second-order valence-corrected chi connectivity index (χ2v) is 18.8. The summed E-state index contributed by atoms with van der Waals surface area (Å²) < 4.78 is 64.8. The molecule has 1 N–H and O–H groups in total. The molecule has 0 unspecified atom stereocenters. The predicted octanol–water partition coefficient (Wildman–Crippen LogP) is 13.2. The summed E-state index contributed by atoms with van der Waals surface area (Å²) in [5, 5.41) is 10.8. The van der Waals surface area contributed by atoms with Crippen LogP contribution in [0.2, 0.25) is 10.0 Å². The van der Waals surface area contributed by atoms with Gasteiger partial charge in [-0.25, -0.2) is 33.1 Å². The molecule has 0 bridgehead atoms. The van der Waals surface area contributed by atoms with Gasteiger partial charge in [-0.1, -0.05) is 53.0 Å². The van der Waals surface area contributed by atoms with E-state index in [1.165, 1.54) is 18.7 Å². The molecule has 8 aromatic rings. The molecule has 0 aliphatic heterocycles. The van der Waals surface area contributed by atoms with E-state index in [9.17, 15) is 32.3 Å². The Bertz CT molecular complexity index is 3240. The Hall–Kier alpha value is -7.95. The third-order valence-corrected chi connectivity index (χ3v) is 12.5. The second-order valence-electron chi connectivity index (χ2n) is 18.0. The van der Waals surface area contributed by atoms with Crippen LogP contribution < -0.4 is 18.9 Å². The minimum atomic E-state index is -0.865. The Morgan fingerprint density at radius 2 is 1.00 bits per heavy atom. The van der Waals surface area contributed by atoms with Gasteiger partial charge in [-0.3, -0.25) is 14.4 Å². The number of carboxylic acid groups (broad SMARTS) is 1. The zero-order valence-corrected chi connectivity index (χ0v) is 43.4. The van der Waals surface area contributed by atoms with Crippen molar-refractivity contribution in [2.45, 2.75) is 79.1 Å². The number of fused-ring (bicyclic) bond motifs is 2. The molecule has 18 heteroatoms. The summed E-state index contributed by atoms with van der Waals surface area (Å²) in [6, 6.07) is 24.9. The Morgan fingerprint density at radius 3 is 1.47 bits per heavy atom. The van der Waals surface area contributed by atoms with Crippen LogP contribution in [0.1, 0.15) is 71.6 Å².